The number of esters is 1. The van der Waals surface area contributed by atoms with Gasteiger partial charge < -0.3 is 33.5 Å². The molecule has 0 saturated carbocycles. The summed E-state index contributed by atoms with van der Waals surface area (Å²) in [4.78, 5) is 12.5. The molecule has 0 radical (unpaired) electrons. The minimum atomic E-state index is -1.05. The predicted octanol–water partition coefficient (Wildman–Crippen LogP) is 2.76. The Labute approximate surface area is 181 Å². The third kappa shape index (κ3) is 5.03. The monoisotopic (exact) mass is 432 g/mol. The molecule has 3 atom stereocenters. The minimum Gasteiger partial charge on any atom is -0.493 e. The Morgan fingerprint density at radius 2 is 1.65 bits per heavy atom. The first-order valence-corrected chi connectivity index (χ1v) is 9.87. The van der Waals surface area contributed by atoms with Crippen molar-refractivity contribution in [2.45, 2.75) is 12.5 Å². The Morgan fingerprint density at radius 1 is 0.968 bits per heavy atom. The van der Waals surface area contributed by atoms with E-state index in [1.807, 2.05) is 18.2 Å². The second-order valence-corrected chi connectivity index (χ2v) is 7.22. The van der Waals surface area contributed by atoms with Gasteiger partial charge in [-0.3, -0.25) is 4.79 Å². The van der Waals surface area contributed by atoms with Crippen molar-refractivity contribution < 1.29 is 38.3 Å². The molecule has 31 heavy (non-hydrogen) atoms. The molecule has 1 saturated heterocycles. The van der Waals surface area contributed by atoms with E-state index < -0.39 is 18.0 Å². The molecule has 1 heterocycles. The Hall–Kier alpha value is -2.97. The van der Waals surface area contributed by atoms with Crippen molar-refractivity contribution in [3.8, 4) is 23.0 Å². The van der Waals surface area contributed by atoms with Gasteiger partial charge in [-0.1, -0.05) is 12.1 Å². The first-order chi connectivity index (χ1) is 15.0. The van der Waals surface area contributed by atoms with Crippen LogP contribution in [0.5, 0.6) is 23.0 Å². The maximum atomic E-state index is 12.5. The fourth-order valence-electron chi connectivity index (χ4n) is 3.78. The topological polar surface area (TPSA) is 92.7 Å². The molecular weight excluding hydrogens is 404 g/mol. The number of hydrogen-bond donors (Lipinski definition) is 1. The van der Waals surface area contributed by atoms with Gasteiger partial charge in [0, 0.05) is 13.0 Å². The molecule has 0 bridgehead atoms. The van der Waals surface area contributed by atoms with Crippen LogP contribution in [0.15, 0.2) is 36.4 Å². The molecule has 0 amide bonds. The highest BCUT2D eigenvalue weighted by Gasteiger charge is 2.42. The fraction of sp³-hybridized carbons (Fsp3) is 0.435. The second-order valence-electron chi connectivity index (χ2n) is 7.22. The van der Waals surface area contributed by atoms with Crippen LogP contribution in [0, 0.1) is 11.8 Å². The zero-order valence-electron chi connectivity index (χ0n) is 18.1. The summed E-state index contributed by atoms with van der Waals surface area (Å²) in [6.45, 7) is 0.307. The van der Waals surface area contributed by atoms with Gasteiger partial charge >= 0.3 is 5.97 Å². The molecule has 8 heteroatoms. The van der Waals surface area contributed by atoms with Gasteiger partial charge in [0.2, 0.25) is 0 Å². The van der Waals surface area contributed by atoms with Crippen LogP contribution in [0.1, 0.15) is 17.2 Å². The summed E-state index contributed by atoms with van der Waals surface area (Å²) in [5.74, 6) is 0.840. The van der Waals surface area contributed by atoms with E-state index >= 15 is 0 Å². The van der Waals surface area contributed by atoms with E-state index in [9.17, 15) is 9.90 Å². The van der Waals surface area contributed by atoms with Gasteiger partial charge in [0.25, 0.3) is 0 Å². The molecule has 1 fully saturated rings. The molecule has 1 aliphatic rings. The summed E-state index contributed by atoms with van der Waals surface area (Å²) in [7, 11) is 6.18. The molecule has 168 valence electrons. The Kier molecular flexibility index (Phi) is 7.59. The summed E-state index contributed by atoms with van der Waals surface area (Å²) in [6, 6.07) is 10.7. The summed E-state index contributed by atoms with van der Waals surface area (Å²) in [5.41, 5.74) is 1.50. The second kappa shape index (κ2) is 10.4. The Balaban J connectivity index is 1.81. The van der Waals surface area contributed by atoms with Gasteiger partial charge in [-0.05, 0) is 41.8 Å². The van der Waals surface area contributed by atoms with Crippen LogP contribution in [0.3, 0.4) is 0 Å². The molecule has 0 spiro atoms. The van der Waals surface area contributed by atoms with E-state index in [1.165, 1.54) is 14.2 Å². The number of ether oxygens (including phenoxy) is 6. The third-order valence-corrected chi connectivity index (χ3v) is 5.37. The van der Waals surface area contributed by atoms with E-state index in [0.29, 0.717) is 35.0 Å². The van der Waals surface area contributed by atoms with Crippen molar-refractivity contribution in [1.29, 1.82) is 0 Å². The lowest BCUT2D eigenvalue weighted by atomic mass is 9.83. The van der Waals surface area contributed by atoms with Crippen molar-refractivity contribution in [3.05, 3.63) is 47.5 Å². The van der Waals surface area contributed by atoms with Crippen LogP contribution < -0.4 is 18.9 Å². The number of cyclic esters (lactones) is 1. The largest absolute Gasteiger partial charge is 0.493 e. The number of aliphatic hydroxyl groups is 1. The van der Waals surface area contributed by atoms with Gasteiger partial charge in [0.1, 0.15) is 0 Å². The number of carbonyl (C=O) groups excluding carboxylic acids is 1. The van der Waals surface area contributed by atoms with Crippen LogP contribution in [-0.2, 0) is 20.7 Å². The quantitative estimate of drug-likeness (QED) is 0.453. The van der Waals surface area contributed by atoms with Crippen molar-refractivity contribution in [1.82, 2.24) is 0 Å². The summed E-state index contributed by atoms with van der Waals surface area (Å²) in [6.07, 6.45) is -0.509. The van der Waals surface area contributed by atoms with Gasteiger partial charge in [-0.2, -0.15) is 0 Å². The molecule has 3 rings (SSSR count). The Bertz CT molecular complexity index is 897. The maximum Gasteiger partial charge on any atom is 0.312 e. The lowest BCUT2D eigenvalue weighted by molar-refractivity contribution is -0.144. The average Bonchev–Trinajstić information content (AvgIpc) is 3.16. The highest BCUT2D eigenvalue weighted by molar-refractivity contribution is 5.76. The zero-order valence-corrected chi connectivity index (χ0v) is 18.1. The molecule has 1 N–H and O–H groups in total. The summed E-state index contributed by atoms with van der Waals surface area (Å²) >= 11 is 0. The molecule has 1 unspecified atom stereocenters. The molecular formula is C23H28O8. The SMILES string of the molecule is COCOc1ccc(C(O)[C@H]2C(=O)OC[C@@H]2Cc2ccc(OC)c(OC)c2)cc1OC. The number of rotatable bonds is 10. The normalized spacial score (nSPS) is 18.9. The van der Waals surface area contributed by atoms with Gasteiger partial charge in [0.15, 0.2) is 29.8 Å². The number of methoxy groups -OCH3 is 4. The number of benzene rings is 2. The fourth-order valence-corrected chi connectivity index (χ4v) is 3.78. The van der Waals surface area contributed by atoms with Crippen molar-refractivity contribution in [3.63, 3.8) is 0 Å². The average molecular weight is 432 g/mol. The molecule has 8 nitrogen and oxygen atoms in total. The van der Waals surface area contributed by atoms with Crippen LogP contribution in [0.25, 0.3) is 0 Å². The smallest absolute Gasteiger partial charge is 0.312 e. The number of carbonyl (C=O) groups is 1. The van der Waals surface area contributed by atoms with Crippen molar-refractivity contribution in [2.24, 2.45) is 11.8 Å². The van der Waals surface area contributed by atoms with E-state index in [1.54, 1.807) is 32.4 Å². The van der Waals surface area contributed by atoms with E-state index in [0.717, 1.165) is 5.56 Å². The molecule has 0 aromatic heterocycles. The van der Waals surface area contributed by atoms with Gasteiger partial charge in [0.05, 0.1) is 40.0 Å². The third-order valence-electron chi connectivity index (χ3n) is 5.37. The van der Waals surface area contributed by atoms with Crippen LogP contribution >= 0.6 is 0 Å². The predicted molar refractivity (Wildman–Crippen MR) is 112 cm³/mol. The number of hydrogen-bond acceptors (Lipinski definition) is 8. The molecule has 1 aliphatic heterocycles. The first kappa shape index (κ1) is 22.7. The van der Waals surface area contributed by atoms with E-state index in [-0.39, 0.29) is 19.3 Å². The maximum absolute atomic E-state index is 12.5. The summed E-state index contributed by atoms with van der Waals surface area (Å²) in [5, 5.41) is 11.0. The standard InChI is InChI=1S/C23H28O8/c1-26-13-31-18-8-6-15(11-20(18)29-4)22(24)21-16(12-30-23(21)25)9-14-5-7-17(27-2)19(10-14)28-3/h5-8,10-11,16,21-22,24H,9,12-13H2,1-4H3/t16-,21-,22?/m0/s1. The summed E-state index contributed by atoms with van der Waals surface area (Å²) < 4.78 is 31.7. The lowest BCUT2D eigenvalue weighted by Crippen LogP contribution is -2.25. The molecule has 2 aromatic rings. The Morgan fingerprint density at radius 3 is 2.32 bits per heavy atom. The lowest BCUT2D eigenvalue weighted by Gasteiger charge is -2.22. The van der Waals surface area contributed by atoms with Gasteiger partial charge in [-0.15, -0.1) is 0 Å². The zero-order chi connectivity index (χ0) is 22.4. The highest BCUT2D eigenvalue weighted by Crippen LogP contribution is 2.39. The van der Waals surface area contributed by atoms with Crippen molar-refractivity contribution >= 4 is 5.97 Å². The number of aliphatic hydroxyl groups excluding tert-OH is 1. The highest BCUT2D eigenvalue weighted by atomic mass is 16.7. The van der Waals surface area contributed by atoms with Gasteiger partial charge in [-0.25, -0.2) is 0 Å². The van der Waals surface area contributed by atoms with Crippen LogP contribution in [0.2, 0.25) is 0 Å². The molecule has 0 aliphatic carbocycles. The van der Waals surface area contributed by atoms with Crippen molar-refractivity contribution in [2.75, 3.05) is 41.8 Å². The van der Waals surface area contributed by atoms with Crippen LogP contribution in [-0.4, -0.2) is 52.9 Å². The first-order valence-electron chi connectivity index (χ1n) is 9.87. The molecule has 2 aromatic carbocycles. The van der Waals surface area contributed by atoms with E-state index in [4.69, 9.17) is 28.4 Å². The van der Waals surface area contributed by atoms with E-state index in [2.05, 4.69) is 0 Å². The van der Waals surface area contributed by atoms with Crippen LogP contribution in [0.4, 0.5) is 0 Å². The minimum absolute atomic E-state index is 0.0700.